The molecule has 0 aliphatic carbocycles. The number of nitrogens with zero attached hydrogens (tertiary/aromatic N) is 3. The van der Waals surface area contributed by atoms with Crippen LogP contribution in [0.15, 0.2) is 48.5 Å². The minimum absolute atomic E-state index is 0.0831. The van der Waals surface area contributed by atoms with Crippen LogP contribution in [0.4, 0.5) is 22.9 Å². The third-order valence-corrected chi connectivity index (χ3v) is 5.09. The van der Waals surface area contributed by atoms with Crippen LogP contribution in [-0.2, 0) is 0 Å². The maximum Gasteiger partial charge on any atom is 0.269 e. The number of amides is 1. The SMILES string of the molecule is Nc1c(C(=O)Nc2ccc([N+](=O)[O-])cc2)sc(=S)n1-c1ccc([N+](=O)[O-])cc1. The van der Waals surface area contributed by atoms with Gasteiger partial charge in [-0.15, -0.1) is 0 Å². The second-order valence-corrected chi connectivity index (χ2v) is 7.09. The molecule has 0 atom stereocenters. The number of carbonyl (C=O) groups excluding carboxylic acids is 1. The number of nitrogen functional groups attached to an aromatic ring is 1. The Balaban J connectivity index is 1.88. The zero-order valence-electron chi connectivity index (χ0n) is 13.9. The van der Waals surface area contributed by atoms with Gasteiger partial charge in [0.1, 0.15) is 10.7 Å². The zero-order valence-corrected chi connectivity index (χ0v) is 15.5. The Bertz CT molecular complexity index is 1140. The molecule has 1 aromatic heterocycles. The average molecular weight is 417 g/mol. The van der Waals surface area contributed by atoms with Gasteiger partial charge in [-0.3, -0.25) is 29.6 Å². The van der Waals surface area contributed by atoms with E-state index < -0.39 is 15.8 Å². The summed E-state index contributed by atoms with van der Waals surface area (Å²) in [6.07, 6.45) is 0. The number of rotatable bonds is 5. The van der Waals surface area contributed by atoms with E-state index in [9.17, 15) is 25.0 Å². The van der Waals surface area contributed by atoms with E-state index in [0.717, 1.165) is 11.3 Å². The Kier molecular flexibility index (Phi) is 5.15. The third kappa shape index (κ3) is 3.72. The van der Waals surface area contributed by atoms with E-state index in [1.54, 1.807) is 0 Å². The summed E-state index contributed by atoms with van der Waals surface area (Å²) >= 11 is 6.25. The molecule has 0 unspecified atom stereocenters. The highest BCUT2D eigenvalue weighted by Crippen LogP contribution is 2.28. The fourth-order valence-corrected chi connectivity index (χ4v) is 3.63. The molecule has 1 amide bonds. The minimum Gasteiger partial charge on any atom is -0.383 e. The average Bonchev–Trinajstić information content (AvgIpc) is 2.96. The fourth-order valence-electron chi connectivity index (χ4n) is 2.37. The highest BCUT2D eigenvalue weighted by atomic mass is 32.1. The van der Waals surface area contributed by atoms with Gasteiger partial charge < -0.3 is 11.1 Å². The van der Waals surface area contributed by atoms with Gasteiger partial charge in [0, 0.05) is 35.6 Å². The Morgan fingerprint density at radius 1 is 1.00 bits per heavy atom. The van der Waals surface area contributed by atoms with Gasteiger partial charge in [-0.25, -0.2) is 0 Å². The number of nitro groups is 2. The van der Waals surface area contributed by atoms with Crippen LogP contribution in [0.5, 0.6) is 0 Å². The predicted octanol–water partition coefficient (Wildman–Crippen LogP) is 3.92. The van der Waals surface area contributed by atoms with Crippen molar-refractivity contribution in [3.63, 3.8) is 0 Å². The molecule has 0 fully saturated rings. The van der Waals surface area contributed by atoms with Crippen LogP contribution in [0.2, 0.25) is 0 Å². The first-order valence-electron chi connectivity index (χ1n) is 7.60. The fraction of sp³-hybridized carbons (Fsp3) is 0. The Labute approximate surface area is 166 Å². The van der Waals surface area contributed by atoms with Gasteiger partial charge in [0.05, 0.1) is 9.85 Å². The Hall–Kier alpha value is -3.64. The molecule has 0 aliphatic heterocycles. The van der Waals surface area contributed by atoms with Crippen molar-refractivity contribution < 1.29 is 14.6 Å². The van der Waals surface area contributed by atoms with E-state index in [4.69, 9.17) is 18.0 Å². The van der Waals surface area contributed by atoms with Crippen LogP contribution in [0, 0.1) is 24.2 Å². The summed E-state index contributed by atoms with van der Waals surface area (Å²) in [5.74, 6) is -0.439. The molecular weight excluding hydrogens is 406 g/mol. The van der Waals surface area contributed by atoms with E-state index in [0.29, 0.717) is 15.3 Å². The smallest absolute Gasteiger partial charge is 0.269 e. The summed E-state index contributed by atoms with van der Waals surface area (Å²) in [5.41, 5.74) is 6.73. The Morgan fingerprint density at radius 3 is 2.00 bits per heavy atom. The van der Waals surface area contributed by atoms with E-state index in [2.05, 4.69) is 5.32 Å². The summed E-state index contributed by atoms with van der Waals surface area (Å²) in [7, 11) is 0. The van der Waals surface area contributed by atoms with Crippen molar-refractivity contribution in [3.05, 3.63) is 77.6 Å². The summed E-state index contributed by atoms with van der Waals surface area (Å²) in [6.45, 7) is 0. The molecule has 0 saturated heterocycles. The van der Waals surface area contributed by atoms with Crippen LogP contribution in [-0.4, -0.2) is 20.3 Å². The van der Waals surface area contributed by atoms with Gasteiger partial charge in [-0.05, 0) is 36.5 Å². The minimum atomic E-state index is -0.542. The van der Waals surface area contributed by atoms with E-state index in [1.165, 1.54) is 53.1 Å². The van der Waals surface area contributed by atoms with E-state index >= 15 is 0 Å². The maximum absolute atomic E-state index is 12.5. The van der Waals surface area contributed by atoms with Crippen LogP contribution in [0.1, 0.15) is 9.67 Å². The van der Waals surface area contributed by atoms with Crippen LogP contribution in [0.3, 0.4) is 0 Å². The summed E-state index contributed by atoms with van der Waals surface area (Å²) in [4.78, 5) is 33.1. The summed E-state index contributed by atoms with van der Waals surface area (Å²) in [5, 5.41) is 24.1. The molecule has 10 nitrogen and oxygen atoms in total. The number of thiazole rings is 1. The lowest BCUT2D eigenvalue weighted by Crippen LogP contribution is -2.13. The number of benzene rings is 2. The molecule has 28 heavy (non-hydrogen) atoms. The topological polar surface area (TPSA) is 146 Å². The van der Waals surface area contributed by atoms with Gasteiger partial charge in [0.2, 0.25) is 0 Å². The molecule has 0 bridgehead atoms. The van der Waals surface area contributed by atoms with Crippen LogP contribution in [0.25, 0.3) is 5.69 Å². The lowest BCUT2D eigenvalue weighted by molar-refractivity contribution is -0.385. The molecular formula is C16H11N5O5S2. The number of nitro benzene ring substituents is 2. The highest BCUT2D eigenvalue weighted by Gasteiger charge is 2.19. The van der Waals surface area contributed by atoms with Crippen LogP contribution < -0.4 is 11.1 Å². The molecule has 12 heteroatoms. The molecule has 3 rings (SSSR count). The maximum atomic E-state index is 12.5. The number of non-ortho nitro benzene ring substituents is 2. The van der Waals surface area contributed by atoms with Crippen molar-refractivity contribution >= 4 is 52.3 Å². The van der Waals surface area contributed by atoms with Gasteiger partial charge in [0.25, 0.3) is 17.3 Å². The molecule has 0 saturated carbocycles. The third-order valence-electron chi connectivity index (χ3n) is 3.71. The second kappa shape index (κ2) is 7.54. The van der Waals surface area contributed by atoms with Gasteiger partial charge in [-0.1, -0.05) is 11.3 Å². The number of hydrogen-bond donors (Lipinski definition) is 2. The lowest BCUT2D eigenvalue weighted by atomic mass is 10.2. The molecule has 3 N–H and O–H groups in total. The monoisotopic (exact) mass is 417 g/mol. The van der Waals surface area contributed by atoms with Gasteiger partial charge in [0.15, 0.2) is 3.95 Å². The highest BCUT2D eigenvalue weighted by molar-refractivity contribution is 7.73. The Morgan fingerprint density at radius 2 is 1.50 bits per heavy atom. The first-order chi connectivity index (χ1) is 13.3. The van der Waals surface area contributed by atoms with E-state index in [-0.39, 0.29) is 22.1 Å². The number of hydrogen-bond acceptors (Lipinski definition) is 8. The molecule has 2 aromatic carbocycles. The molecule has 0 radical (unpaired) electrons. The zero-order chi connectivity index (χ0) is 20.4. The molecule has 0 spiro atoms. The lowest BCUT2D eigenvalue weighted by Gasteiger charge is -2.07. The van der Waals surface area contributed by atoms with Gasteiger partial charge >= 0.3 is 0 Å². The predicted molar refractivity (Wildman–Crippen MR) is 107 cm³/mol. The normalized spacial score (nSPS) is 10.4. The first kappa shape index (κ1) is 19.1. The quantitative estimate of drug-likeness (QED) is 0.363. The number of anilines is 2. The van der Waals surface area contributed by atoms with Crippen molar-refractivity contribution in [2.24, 2.45) is 0 Å². The molecule has 1 heterocycles. The van der Waals surface area contributed by atoms with Crippen molar-refractivity contribution in [1.29, 1.82) is 0 Å². The number of nitrogens with one attached hydrogen (secondary N) is 1. The first-order valence-corrected chi connectivity index (χ1v) is 8.82. The largest absolute Gasteiger partial charge is 0.383 e. The van der Waals surface area contributed by atoms with Crippen molar-refractivity contribution in [2.75, 3.05) is 11.1 Å². The second-order valence-electron chi connectivity index (χ2n) is 5.45. The number of nitrogens with two attached hydrogens (primary N) is 1. The molecule has 3 aromatic rings. The van der Waals surface area contributed by atoms with E-state index in [1.807, 2.05) is 0 Å². The van der Waals surface area contributed by atoms with Crippen LogP contribution >= 0.6 is 23.6 Å². The van der Waals surface area contributed by atoms with Crippen molar-refractivity contribution in [1.82, 2.24) is 4.57 Å². The summed E-state index contributed by atoms with van der Waals surface area (Å²) < 4.78 is 1.73. The molecule has 0 aliphatic rings. The summed E-state index contributed by atoms with van der Waals surface area (Å²) in [6, 6.07) is 10.9. The standard InChI is InChI=1S/C16H11N5O5S2/c17-14-13(15(22)18-9-1-3-11(4-2-9)20(23)24)28-16(27)19(14)10-5-7-12(8-6-10)21(25)26/h1-8H,17H2,(H,18,22). The van der Waals surface area contributed by atoms with Crippen molar-refractivity contribution in [3.8, 4) is 5.69 Å². The van der Waals surface area contributed by atoms with Crippen molar-refractivity contribution in [2.45, 2.75) is 0 Å². The number of aromatic nitrogens is 1. The number of carbonyl (C=O) groups is 1. The van der Waals surface area contributed by atoms with Gasteiger partial charge in [-0.2, -0.15) is 0 Å². The molecule has 142 valence electrons.